The van der Waals surface area contributed by atoms with Gasteiger partial charge < -0.3 is 14.8 Å². The summed E-state index contributed by atoms with van der Waals surface area (Å²) in [6.45, 7) is 12.6. The summed E-state index contributed by atoms with van der Waals surface area (Å²) < 4.78 is 2.24. The third kappa shape index (κ3) is 4.60. The number of piperidine rings is 1. The first-order chi connectivity index (χ1) is 9.66. The van der Waals surface area contributed by atoms with E-state index in [2.05, 4.69) is 40.5 Å². The Kier molecular flexibility index (Phi) is 6.05. The number of nitrogens with zero attached hydrogens (tertiary/aromatic N) is 3. The molecule has 1 aromatic rings. The maximum atomic E-state index is 4.25. The summed E-state index contributed by atoms with van der Waals surface area (Å²) in [7, 11) is 0. The van der Waals surface area contributed by atoms with Gasteiger partial charge in [-0.05, 0) is 52.2 Å². The van der Waals surface area contributed by atoms with Crippen LogP contribution in [0.15, 0.2) is 12.5 Å². The Balaban J connectivity index is 1.68. The van der Waals surface area contributed by atoms with E-state index in [4.69, 9.17) is 0 Å². The summed E-state index contributed by atoms with van der Waals surface area (Å²) >= 11 is 0. The third-order valence-corrected chi connectivity index (χ3v) is 4.12. The van der Waals surface area contributed by atoms with Gasteiger partial charge in [-0.3, -0.25) is 0 Å². The summed E-state index contributed by atoms with van der Waals surface area (Å²) in [5.41, 5.74) is 1.28. The highest BCUT2D eigenvalue weighted by molar-refractivity contribution is 4.99. The minimum absolute atomic E-state index is 0.486. The van der Waals surface area contributed by atoms with Gasteiger partial charge in [-0.1, -0.05) is 13.3 Å². The Morgan fingerprint density at radius 1 is 1.20 bits per heavy atom. The number of hydrogen-bond donors (Lipinski definition) is 1. The molecule has 0 aromatic carbocycles. The van der Waals surface area contributed by atoms with Gasteiger partial charge >= 0.3 is 0 Å². The van der Waals surface area contributed by atoms with E-state index in [9.17, 15) is 0 Å². The predicted molar refractivity (Wildman–Crippen MR) is 83.8 cm³/mol. The fourth-order valence-electron chi connectivity index (χ4n) is 3.03. The van der Waals surface area contributed by atoms with Gasteiger partial charge in [0.2, 0.25) is 0 Å². The van der Waals surface area contributed by atoms with Crippen LogP contribution >= 0.6 is 0 Å². The van der Waals surface area contributed by atoms with Crippen LogP contribution in [0.3, 0.4) is 0 Å². The van der Waals surface area contributed by atoms with E-state index in [1.165, 1.54) is 44.6 Å². The number of rotatable bonds is 7. The zero-order valence-electron chi connectivity index (χ0n) is 13.3. The van der Waals surface area contributed by atoms with Gasteiger partial charge in [-0.2, -0.15) is 0 Å². The Morgan fingerprint density at radius 3 is 2.65 bits per heavy atom. The zero-order valence-corrected chi connectivity index (χ0v) is 13.3. The highest BCUT2D eigenvalue weighted by atomic mass is 15.1. The Morgan fingerprint density at radius 2 is 1.95 bits per heavy atom. The molecular formula is C16H30N4. The van der Waals surface area contributed by atoms with Crippen LogP contribution in [0, 0.1) is 5.92 Å². The van der Waals surface area contributed by atoms with Crippen molar-refractivity contribution in [1.82, 2.24) is 19.8 Å². The molecular weight excluding hydrogens is 248 g/mol. The van der Waals surface area contributed by atoms with E-state index in [0.29, 0.717) is 12.0 Å². The number of aromatic nitrogens is 2. The van der Waals surface area contributed by atoms with E-state index >= 15 is 0 Å². The summed E-state index contributed by atoms with van der Waals surface area (Å²) in [6, 6.07) is 0.486. The lowest BCUT2D eigenvalue weighted by Crippen LogP contribution is -2.36. The van der Waals surface area contributed by atoms with Crippen LogP contribution in [-0.4, -0.2) is 40.6 Å². The van der Waals surface area contributed by atoms with Gasteiger partial charge in [-0.15, -0.1) is 0 Å². The van der Waals surface area contributed by atoms with Crippen LogP contribution in [0.1, 0.15) is 51.8 Å². The molecule has 114 valence electrons. The zero-order chi connectivity index (χ0) is 14.4. The minimum Gasteiger partial charge on any atom is -0.331 e. The van der Waals surface area contributed by atoms with E-state index < -0.39 is 0 Å². The average molecular weight is 278 g/mol. The largest absolute Gasteiger partial charge is 0.331 e. The lowest BCUT2D eigenvalue weighted by molar-refractivity contribution is 0.199. The number of imidazole rings is 1. The predicted octanol–water partition coefficient (Wildman–Crippen LogP) is 2.68. The molecule has 1 fully saturated rings. The third-order valence-electron chi connectivity index (χ3n) is 4.12. The Labute approximate surface area is 123 Å². The molecule has 0 amide bonds. The van der Waals surface area contributed by atoms with Gasteiger partial charge in [0, 0.05) is 25.3 Å². The second-order valence-corrected chi connectivity index (χ2v) is 6.48. The molecule has 0 radical (unpaired) electrons. The van der Waals surface area contributed by atoms with Crippen molar-refractivity contribution in [3.8, 4) is 0 Å². The molecule has 1 saturated heterocycles. The molecule has 1 N–H and O–H groups in total. The monoisotopic (exact) mass is 278 g/mol. The van der Waals surface area contributed by atoms with E-state index in [0.717, 1.165) is 13.1 Å². The second-order valence-electron chi connectivity index (χ2n) is 6.48. The van der Waals surface area contributed by atoms with Crippen molar-refractivity contribution in [2.45, 2.75) is 52.6 Å². The quantitative estimate of drug-likeness (QED) is 0.832. The van der Waals surface area contributed by atoms with Gasteiger partial charge in [0.25, 0.3) is 0 Å². The van der Waals surface area contributed by atoms with Crippen molar-refractivity contribution >= 4 is 0 Å². The highest BCUT2D eigenvalue weighted by Crippen LogP contribution is 2.11. The maximum Gasteiger partial charge on any atom is 0.0951 e. The summed E-state index contributed by atoms with van der Waals surface area (Å²) in [6.07, 6.45) is 8.09. The van der Waals surface area contributed by atoms with Crippen LogP contribution in [0.5, 0.6) is 0 Å². The topological polar surface area (TPSA) is 33.1 Å². The standard InChI is InChI=1S/C16H30N4/c1-14(2)20-13-18-11-16(20)10-17-9-15(3)12-19-7-5-4-6-8-19/h11,13-15,17H,4-10,12H2,1-3H3. The van der Waals surface area contributed by atoms with Crippen molar-refractivity contribution in [1.29, 1.82) is 0 Å². The summed E-state index contributed by atoms with van der Waals surface area (Å²) in [4.78, 5) is 6.87. The van der Waals surface area contributed by atoms with Gasteiger partial charge in [0.15, 0.2) is 0 Å². The molecule has 4 nitrogen and oxygen atoms in total. The van der Waals surface area contributed by atoms with Crippen molar-refractivity contribution in [3.05, 3.63) is 18.2 Å². The molecule has 1 unspecified atom stereocenters. The fourth-order valence-corrected chi connectivity index (χ4v) is 3.03. The molecule has 0 saturated carbocycles. The first kappa shape index (κ1) is 15.5. The minimum atomic E-state index is 0.486. The highest BCUT2D eigenvalue weighted by Gasteiger charge is 2.13. The molecule has 0 aliphatic carbocycles. The van der Waals surface area contributed by atoms with Crippen molar-refractivity contribution in [2.24, 2.45) is 5.92 Å². The van der Waals surface area contributed by atoms with E-state index in [1.807, 2.05) is 12.5 Å². The van der Waals surface area contributed by atoms with Crippen LogP contribution in [0.2, 0.25) is 0 Å². The molecule has 2 heterocycles. The van der Waals surface area contributed by atoms with Gasteiger partial charge in [-0.25, -0.2) is 4.98 Å². The molecule has 0 bridgehead atoms. The SMILES string of the molecule is CC(CNCc1cncn1C(C)C)CN1CCCCC1. The number of nitrogens with one attached hydrogen (secondary N) is 1. The van der Waals surface area contributed by atoms with E-state index in [-0.39, 0.29) is 0 Å². The second kappa shape index (κ2) is 7.79. The normalized spacial score (nSPS) is 18.6. The first-order valence-electron chi connectivity index (χ1n) is 8.10. The molecule has 1 atom stereocenters. The number of likely N-dealkylation sites (tertiary alicyclic amines) is 1. The van der Waals surface area contributed by atoms with E-state index in [1.54, 1.807) is 0 Å². The van der Waals surface area contributed by atoms with Gasteiger partial charge in [0.1, 0.15) is 0 Å². The van der Waals surface area contributed by atoms with Crippen molar-refractivity contribution in [2.75, 3.05) is 26.2 Å². The van der Waals surface area contributed by atoms with Crippen LogP contribution in [-0.2, 0) is 6.54 Å². The molecule has 1 aliphatic heterocycles. The lowest BCUT2D eigenvalue weighted by atomic mass is 10.1. The summed E-state index contributed by atoms with van der Waals surface area (Å²) in [5, 5.41) is 3.58. The Hall–Kier alpha value is -0.870. The smallest absolute Gasteiger partial charge is 0.0951 e. The fraction of sp³-hybridized carbons (Fsp3) is 0.812. The van der Waals surface area contributed by atoms with Crippen molar-refractivity contribution in [3.63, 3.8) is 0 Å². The molecule has 1 aliphatic rings. The molecule has 0 spiro atoms. The Bertz CT molecular complexity index is 380. The van der Waals surface area contributed by atoms with Crippen LogP contribution in [0.4, 0.5) is 0 Å². The lowest BCUT2D eigenvalue weighted by Gasteiger charge is -2.29. The average Bonchev–Trinajstić information content (AvgIpc) is 2.88. The van der Waals surface area contributed by atoms with Crippen LogP contribution in [0.25, 0.3) is 0 Å². The maximum absolute atomic E-state index is 4.25. The van der Waals surface area contributed by atoms with Crippen molar-refractivity contribution < 1.29 is 0 Å². The molecule has 4 heteroatoms. The first-order valence-corrected chi connectivity index (χ1v) is 8.10. The molecule has 20 heavy (non-hydrogen) atoms. The van der Waals surface area contributed by atoms with Crippen LogP contribution < -0.4 is 5.32 Å². The molecule has 2 rings (SSSR count). The molecule has 1 aromatic heterocycles. The van der Waals surface area contributed by atoms with Gasteiger partial charge in [0.05, 0.1) is 12.0 Å². The number of hydrogen-bond acceptors (Lipinski definition) is 3. The summed E-state index contributed by atoms with van der Waals surface area (Å²) in [5.74, 6) is 0.712.